The summed E-state index contributed by atoms with van der Waals surface area (Å²) >= 11 is 0. The summed E-state index contributed by atoms with van der Waals surface area (Å²) in [6, 6.07) is 20.0. The molecule has 0 bridgehead atoms. The van der Waals surface area contributed by atoms with Gasteiger partial charge in [0.15, 0.2) is 0 Å². The lowest BCUT2D eigenvalue weighted by Gasteiger charge is -2.22. The van der Waals surface area contributed by atoms with E-state index in [0.29, 0.717) is 44.2 Å². The van der Waals surface area contributed by atoms with E-state index < -0.39 is 0 Å². The monoisotopic (exact) mass is 460 g/mol. The van der Waals surface area contributed by atoms with Crippen LogP contribution < -0.4 is 5.32 Å². The molecule has 0 saturated carbocycles. The van der Waals surface area contributed by atoms with Gasteiger partial charge in [-0.1, -0.05) is 65.8 Å². The summed E-state index contributed by atoms with van der Waals surface area (Å²) in [4.78, 5) is 31.7. The summed E-state index contributed by atoms with van der Waals surface area (Å²) in [5.41, 5.74) is 2.15. The van der Waals surface area contributed by atoms with Crippen LogP contribution in [0.3, 0.4) is 0 Å². The molecule has 2 aromatic carbocycles. The van der Waals surface area contributed by atoms with Crippen LogP contribution in [0.4, 0.5) is 0 Å². The Balaban J connectivity index is 1.35. The van der Waals surface area contributed by atoms with Crippen LogP contribution in [-0.4, -0.2) is 46.5 Å². The zero-order valence-electron chi connectivity index (χ0n) is 19.5. The highest BCUT2D eigenvalue weighted by atomic mass is 16.5. The van der Waals surface area contributed by atoms with Gasteiger partial charge in [0, 0.05) is 44.0 Å². The van der Waals surface area contributed by atoms with E-state index in [2.05, 4.69) is 27.6 Å². The van der Waals surface area contributed by atoms with E-state index in [-0.39, 0.29) is 17.7 Å². The lowest BCUT2D eigenvalue weighted by Crippen LogP contribution is -2.35. The zero-order valence-corrected chi connectivity index (χ0v) is 19.5. The third-order valence-corrected chi connectivity index (χ3v) is 6.28. The van der Waals surface area contributed by atoms with E-state index in [1.807, 2.05) is 53.4 Å². The van der Waals surface area contributed by atoms with Crippen LogP contribution in [0.2, 0.25) is 0 Å². The van der Waals surface area contributed by atoms with Gasteiger partial charge in [-0.2, -0.15) is 4.98 Å². The van der Waals surface area contributed by atoms with Crippen molar-refractivity contribution in [1.82, 2.24) is 20.4 Å². The molecule has 1 atom stereocenters. The number of aryl methyl sites for hydroxylation is 1. The van der Waals surface area contributed by atoms with Crippen LogP contribution in [0.1, 0.15) is 55.9 Å². The molecule has 2 amide bonds. The molecule has 7 nitrogen and oxygen atoms in total. The maximum absolute atomic E-state index is 12.9. The third-order valence-electron chi connectivity index (χ3n) is 6.28. The molecule has 1 N–H and O–H groups in total. The van der Waals surface area contributed by atoms with Crippen molar-refractivity contribution in [3.8, 4) is 11.4 Å². The summed E-state index contributed by atoms with van der Waals surface area (Å²) in [5, 5.41) is 7.13. The molecule has 1 aromatic heterocycles. The third kappa shape index (κ3) is 6.76. The molecule has 4 rings (SSSR count). The number of benzene rings is 2. The van der Waals surface area contributed by atoms with E-state index >= 15 is 0 Å². The molecule has 2 heterocycles. The normalized spacial score (nSPS) is 17.6. The summed E-state index contributed by atoms with van der Waals surface area (Å²) < 4.78 is 5.60. The number of carbonyl (C=O) groups excluding carboxylic acids is 2. The standard InChI is InChI=1S/C27H32N4O3/c32-24-17-20-31(25(33)15-7-11-21-9-3-1-4-10-21)19-8-14-23(16-18-28-24)27-29-26(30-34-27)22-12-5-2-6-13-22/h1-6,9-10,12-13,23H,7-8,11,14-20H2,(H,28,32). The number of nitrogens with one attached hydrogen (secondary N) is 1. The first-order chi connectivity index (χ1) is 16.7. The molecule has 1 fully saturated rings. The second-order valence-electron chi connectivity index (χ2n) is 8.77. The molecule has 7 heteroatoms. The predicted octanol–water partition coefficient (Wildman–Crippen LogP) is 4.36. The van der Waals surface area contributed by atoms with Crippen LogP contribution in [0, 0.1) is 0 Å². The summed E-state index contributed by atoms with van der Waals surface area (Å²) in [6.45, 7) is 1.64. The first kappa shape index (κ1) is 23.7. The van der Waals surface area contributed by atoms with Crippen molar-refractivity contribution in [1.29, 1.82) is 0 Å². The molecular weight excluding hydrogens is 428 g/mol. The molecule has 1 aliphatic heterocycles. The molecule has 178 valence electrons. The summed E-state index contributed by atoms with van der Waals surface area (Å²) in [6.07, 6.45) is 4.87. The van der Waals surface area contributed by atoms with Crippen molar-refractivity contribution in [2.75, 3.05) is 19.6 Å². The fourth-order valence-electron chi connectivity index (χ4n) is 4.34. The number of nitrogens with zero attached hydrogens (tertiary/aromatic N) is 3. The van der Waals surface area contributed by atoms with Crippen molar-refractivity contribution in [2.24, 2.45) is 0 Å². The topological polar surface area (TPSA) is 88.3 Å². The average molecular weight is 461 g/mol. The van der Waals surface area contributed by atoms with Crippen LogP contribution in [0.25, 0.3) is 11.4 Å². The Morgan fingerprint density at radius 3 is 2.59 bits per heavy atom. The number of hydrogen-bond donors (Lipinski definition) is 1. The van der Waals surface area contributed by atoms with Gasteiger partial charge in [0.1, 0.15) is 0 Å². The van der Waals surface area contributed by atoms with E-state index in [0.717, 1.165) is 37.7 Å². The van der Waals surface area contributed by atoms with Crippen molar-refractivity contribution >= 4 is 11.8 Å². The SMILES string of the molecule is O=C1CCN(C(=O)CCCc2ccccc2)CCCC(c2nc(-c3ccccc3)no2)CCN1. The minimum Gasteiger partial charge on any atom is -0.356 e. The number of aromatic nitrogens is 2. The molecule has 1 unspecified atom stereocenters. The minimum absolute atomic E-state index is 0.0294. The van der Waals surface area contributed by atoms with Crippen LogP contribution in [-0.2, 0) is 16.0 Å². The van der Waals surface area contributed by atoms with Crippen molar-refractivity contribution in [2.45, 2.75) is 50.9 Å². The highest BCUT2D eigenvalue weighted by molar-refractivity contribution is 5.79. The second-order valence-corrected chi connectivity index (χ2v) is 8.77. The van der Waals surface area contributed by atoms with Crippen LogP contribution in [0.15, 0.2) is 65.2 Å². The highest BCUT2D eigenvalue weighted by Gasteiger charge is 2.22. The Bertz CT molecular complexity index is 1050. The van der Waals surface area contributed by atoms with Gasteiger partial charge in [0.25, 0.3) is 0 Å². The Morgan fingerprint density at radius 2 is 1.79 bits per heavy atom. The molecule has 0 aliphatic carbocycles. The van der Waals surface area contributed by atoms with Gasteiger partial charge < -0.3 is 14.7 Å². The van der Waals surface area contributed by atoms with Gasteiger partial charge >= 0.3 is 0 Å². The first-order valence-electron chi connectivity index (χ1n) is 12.2. The van der Waals surface area contributed by atoms with E-state index in [9.17, 15) is 9.59 Å². The maximum atomic E-state index is 12.9. The average Bonchev–Trinajstić information content (AvgIpc) is 3.35. The number of rotatable bonds is 6. The van der Waals surface area contributed by atoms with Crippen molar-refractivity contribution in [3.05, 3.63) is 72.1 Å². The smallest absolute Gasteiger partial charge is 0.230 e. The lowest BCUT2D eigenvalue weighted by molar-refractivity contribution is -0.132. The van der Waals surface area contributed by atoms with Gasteiger partial charge in [0.2, 0.25) is 23.5 Å². The van der Waals surface area contributed by atoms with Gasteiger partial charge in [-0.3, -0.25) is 9.59 Å². The highest BCUT2D eigenvalue weighted by Crippen LogP contribution is 2.26. The summed E-state index contributed by atoms with van der Waals surface area (Å²) in [7, 11) is 0. The van der Waals surface area contributed by atoms with E-state index in [1.54, 1.807) is 0 Å². The molecular formula is C27H32N4O3. The van der Waals surface area contributed by atoms with Gasteiger partial charge in [-0.05, 0) is 37.7 Å². The van der Waals surface area contributed by atoms with Crippen molar-refractivity contribution in [3.63, 3.8) is 0 Å². The lowest BCUT2D eigenvalue weighted by atomic mass is 9.99. The zero-order chi connectivity index (χ0) is 23.6. The number of hydrogen-bond acceptors (Lipinski definition) is 5. The molecule has 1 aliphatic rings. The second kappa shape index (κ2) is 12.1. The molecule has 1 saturated heterocycles. The Labute approximate surface area is 200 Å². The van der Waals surface area contributed by atoms with Gasteiger partial charge in [0.05, 0.1) is 0 Å². The van der Waals surface area contributed by atoms with Crippen molar-refractivity contribution < 1.29 is 14.1 Å². The Morgan fingerprint density at radius 1 is 1.03 bits per heavy atom. The maximum Gasteiger partial charge on any atom is 0.230 e. The van der Waals surface area contributed by atoms with Crippen LogP contribution >= 0.6 is 0 Å². The molecule has 3 aromatic rings. The minimum atomic E-state index is -0.0294. The molecule has 0 spiro atoms. The largest absolute Gasteiger partial charge is 0.356 e. The van der Waals surface area contributed by atoms with Gasteiger partial charge in [-0.25, -0.2) is 0 Å². The fraction of sp³-hybridized carbons (Fsp3) is 0.407. The van der Waals surface area contributed by atoms with Gasteiger partial charge in [-0.15, -0.1) is 0 Å². The Hall–Kier alpha value is -3.48. The van der Waals surface area contributed by atoms with E-state index in [1.165, 1.54) is 5.56 Å². The molecule has 0 radical (unpaired) electrons. The Kier molecular flexibility index (Phi) is 8.43. The number of amides is 2. The fourth-order valence-corrected chi connectivity index (χ4v) is 4.34. The number of carbonyl (C=O) groups is 2. The molecule has 34 heavy (non-hydrogen) atoms. The summed E-state index contributed by atoms with van der Waals surface area (Å²) in [5.74, 6) is 1.29. The van der Waals surface area contributed by atoms with E-state index in [4.69, 9.17) is 4.52 Å². The van der Waals surface area contributed by atoms with Crippen LogP contribution in [0.5, 0.6) is 0 Å². The first-order valence-corrected chi connectivity index (χ1v) is 12.2. The predicted molar refractivity (Wildman–Crippen MR) is 130 cm³/mol. The quantitative estimate of drug-likeness (QED) is 0.590.